The van der Waals surface area contributed by atoms with Crippen LogP contribution in [0.15, 0.2) is 126 Å². The van der Waals surface area contributed by atoms with E-state index in [1.165, 1.54) is 200 Å². The van der Waals surface area contributed by atoms with Crippen molar-refractivity contribution >= 4 is 105 Å². The summed E-state index contributed by atoms with van der Waals surface area (Å²) in [5.41, 5.74) is 10.4. The number of hydrogen-bond donors (Lipinski definition) is 0. The predicted molar refractivity (Wildman–Crippen MR) is 402 cm³/mol. The molecule has 11 rings (SSSR count). The summed E-state index contributed by atoms with van der Waals surface area (Å²) in [6.45, 7) is 15.3. The summed E-state index contributed by atoms with van der Waals surface area (Å²) in [4.78, 5) is 28.9. The van der Waals surface area contributed by atoms with Crippen LogP contribution in [0.5, 0.6) is 0 Å². The molecule has 4 nitrogen and oxygen atoms in total. The fourth-order valence-corrected chi connectivity index (χ4v) is 21.2. The third-order valence-corrected chi connectivity index (χ3v) is 26.5. The second kappa shape index (κ2) is 33.3. The number of unbranched alkanes of at least 4 members (excludes halogenated alkanes) is 19. The fourth-order valence-electron chi connectivity index (χ4n) is 13.6. The first-order chi connectivity index (χ1) is 44.7. The van der Waals surface area contributed by atoms with E-state index in [-0.39, 0.29) is 11.5 Å². The van der Waals surface area contributed by atoms with Gasteiger partial charge in [-0.1, -0.05) is 199 Å². The number of nitrogens with zero attached hydrogens (tertiary/aromatic N) is 2. The predicted octanol–water partition coefficient (Wildman–Crippen LogP) is 25.5. The van der Waals surface area contributed by atoms with Gasteiger partial charge in [0.15, 0.2) is 0 Å². The highest BCUT2D eigenvalue weighted by Gasteiger charge is 2.40. The van der Waals surface area contributed by atoms with Crippen LogP contribution in [0.1, 0.15) is 235 Å². The number of fused-ring (bicyclic) bond motifs is 2. The Morgan fingerprint density at radius 2 is 0.780 bits per heavy atom. The molecule has 0 N–H and O–H groups in total. The van der Waals surface area contributed by atoms with Crippen molar-refractivity contribution in [3.8, 4) is 49.6 Å². The molecule has 480 valence electrons. The first-order valence-electron chi connectivity index (χ1n) is 35.5. The molecule has 10 heteroatoms. The van der Waals surface area contributed by atoms with Crippen LogP contribution in [0.25, 0.3) is 75.3 Å². The first-order valence-corrected chi connectivity index (χ1v) is 40.4. The number of thiophene rings is 6. The van der Waals surface area contributed by atoms with Crippen molar-refractivity contribution in [3.63, 3.8) is 0 Å². The molecule has 8 heterocycles. The van der Waals surface area contributed by atoms with E-state index < -0.39 is 0 Å². The summed E-state index contributed by atoms with van der Waals surface area (Å²) in [6.07, 6.45) is 38.4. The van der Waals surface area contributed by atoms with Crippen molar-refractivity contribution < 1.29 is 14.5 Å². The van der Waals surface area contributed by atoms with Crippen molar-refractivity contribution in [3.05, 3.63) is 159 Å². The zero-order chi connectivity index (χ0) is 63.1. The van der Waals surface area contributed by atoms with Gasteiger partial charge in [-0.2, -0.15) is 4.58 Å². The Balaban J connectivity index is 0.976. The maximum absolute atomic E-state index is 15.3. The molecule has 1 aliphatic heterocycles. The summed E-state index contributed by atoms with van der Waals surface area (Å²) < 4.78 is 7.44. The van der Waals surface area contributed by atoms with Crippen LogP contribution in [0.3, 0.4) is 0 Å². The largest absolute Gasteiger partial charge is 0.871 e. The lowest BCUT2D eigenvalue weighted by Gasteiger charge is -2.31. The van der Waals surface area contributed by atoms with E-state index in [2.05, 4.69) is 160 Å². The Kier molecular flexibility index (Phi) is 24.6. The second-order valence-electron chi connectivity index (χ2n) is 25.8. The quantitative estimate of drug-likeness (QED) is 0.0220. The van der Waals surface area contributed by atoms with E-state index in [1.807, 2.05) is 68.0 Å². The van der Waals surface area contributed by atoms with Crippen molar-refractivity contribution in [1.82, 2.24) is 4.57 Å². The number of Topliss-reactive ketones (excluding diaryl/α,β-unsaturated/α-hetero) is 1. The number of rotatable bonds is 38. The van der Waals surface area contributed by atoms with E-state index in [0.29, 0.717) is 11.1 Å². The van der Waals surface area contributed by atoms with Crippen molar-refractivity contribution in [1.29, 1.82) is 0 Å². The van der Waals surface area contributed by atoms with Gasteiger partial charge in [-0.05, 0) is 158 Å². The normalized spacial score (nSPS) is 14.3. The van der Waals surface area contributed by atoms with Crippen molar-refractivity contribution in [2.24, 2.45) is 0 Å². The van der Waals surface area contributed by atoms with E-state index in [9.17, 15) is 0 Å². The Morgan fingerprint density at radius 1 is 0.385 bits per heavy atom. The molecule has 0 fully saturated rings. The van der Waals surface area contributed by atoms with E-state index in [4.69, 9.17) is 0 Å². The highest BCUT2D eigenvalue weighted by molar-refractivity contribution is 7.30. The Morgan fingerprint density at radius 3 is 1.25 bits per heavy atom. The van der Waals surface area contributed by atoms with Crippen LogP contribution in [0.4, 0.5) is 0 Å². The zero-order valence-electron chi connectivity index (χ0n) is 55.5. The summed E-state index contributed by atoms with van der Waals surface area (Å²) in [7, 11) is 0. The lowest BCUT2D eigenvalue weighted by Crippen LogP contribution is -2.33. The van der Waals surface area contributed by atoms with Gasteiger partial charge in [0.1, 0.15) is 6.54 Å². The van der Waals surface area contributed by atoms with Gasteiger partial charge >= 0.3 is 0 Å². The van der Waals surface area contributed by atoms with Gasteiger partial charge in [-0.3, -0.25) is 4.79 Å². The minimum atomic E-state index is -0.106. The maximum atomic E-state index is 15.3. The van der Waals surface area contributed by atoms with Gasteiger partial charge in [0, 0.05) is 79.1 Å². The Hall–Kier alpha value is -5.20. The number of carbonyl (C=O) groups is 1. The zero-order valence-corrected chi connectivity index (χ0v) is 60.4. The molecule has 91 heavy (non-hydrogen) atoms. The molecule has 1 aliphatic carbocycles. The van der Waals surface area contributed by atoms with Crippen LogP contribution >= 0.6 is 68.0 Å². The van der Waals surface area contributed by atoms with E-state index in [0.717, 1.165) is 113 Å². The lowest BCUT2D eigenvalue weighted by molar-refractivity contribution is -0.470. The van der Waals surface area contributed by atoms with Crippen molar-refractivity contribution in [2.75, 3.05) is 6.54 Å². The molecule has 2 aromatic carbocycles. The standard InChI is InChI=1S/C81H98N2O2S6/c1-7-13-19-25-35-49-83-63(69-53-59(39-27-21-15-9-3)81(89-69)73-55-61(41-29-23-17-11-5)79(91-73)71-51-57-37-31-33-43-67(57)87-71)45-47-65(83)75-76(84)74(77(75)85)64-46-44-62(82(64)48-34-24-18-12-6)68-52-58(38-26-20-14-8-2)80(88-68)72-54-60(40-28-22-16-10-4)78(90-72)70-50-56-36-30-32-42-66(56)86-70/h30-33,36-37,42-47,50-55H,7-29,34-35,38-41,48-49H2,1-6H3. The molecule has 0 bridgehead atoms. The molecule has 0 saturated heterocycles. The molecule has 0 radical (unpaired) electrons. The number of benzene rings is 2. The molecule has 0 spiro atoms. The van der Waals surface area contributed by atoms with Gasteiger partial charge in [0.2, 0.25) is 17.2 Å². The van der Waals surface area contributed by atoms with Crippen LogP contribution in [0, 0.1) is 0 Å². The summed E-state index contributed by atoms with van der Waals surface area (Å²) in [5, 5.41) is 18.0. The Labute approximate surface area is 569 Å². The average molecular weight is 1320 g/mol. The topological polar surface area (TPSA) is 48.1 Å². The molecule has 2 aliphatic rings. The minimum absolute atomic E-state index is 0.106. The smallest absolute Gasteiger partial charge is 0.223 e. The molecular weight excluding hydrogens is 1230 g/mol. The minimum Gasteiger partial charge on any atom is -0.871 e. The first kappa shape index (κ1) is 67.2. The van der Waals surface area contributed by atoms with Crippen molar-refractivity contribution in [2.45, 2.75) is 234 Å². The molecule has 0 unspecified atom stereocenters. The number of carbonyl (C=O) groups excluding carboxylic acids is 1. The second-order valence-corrected chi connectivity index (χ2v) is 32.2. The third-order valence-electron chi connectivity index (χ3n) is 18.8. The van der Waals surface area contributed by atoms with Crippen LogP contribution in [0.2, 0.25) is 0 Å². The van der Waals surface area contributed by atoms with Gasteiger partial charge in [0.05, 0.1) is 26.7 Å². The average Bonchev–Trinajstić information content (AvgIpc) is 1.70. The molecule has 7 aromatic heterocycles. The highest BCUT2D eigenvalue weighted by atomic mass is 32.1. The lowest BCUT2D eigenvalue weighted by atomic mass is 9.84. The number of aromatic nitrogens is 1. The summed E-state index contributed by atoms with van der Waals surface area (Å²) in [5.74, 6) is -0.211. The number of ketones is 1. The molecule has 0 atom stereocenters. The molecular formula is C81H98N2O2S6. The van der Waals surface area contributed by atoms with E-state index in [1.54, 1.807) is 0 Å². The SMILES string of the molecule is CCCCCCC[N+]1=C(c2cc(CCCCCC)c(-c3cc(CCCCCC)c(-c4cc5ccccc5s4)s3)s2)C=CC1=C1C(=O)C(c2ccc(-c3cc(CCCCCC)c(-c4cc(CCCCCC)c(-c5cc6ccccc6s5)s4)s3)n2CCCCCC)=C1[O-]. The highest BCUT2D eigenvalue weighted by Crippen LogP contribution is 2.51. The molecule has 0 saturated carbocycles. The van der Waals surface area contributed by atoms with E-state index >= 15 is 9.90 Å². The van der Waals surface area contributed by atoms with Gasteiger partial charge < -0.3 is 9.67 Å². The monoisotopic (exact) mass is 1320 g/mol. The van der Waals surface area contributed by atoms with Gasteiger partial charge in [-0.25, -0.2) is 0 Å². The van der Waals surface area contributed by atoms with Crippen LogP contribution in [-0.2, 0) is 37.0 Å². The number of aryl methyl sites for hydroxylation is 4. The maximum Gasteiger partial charge on any atom is 0.223 e. The third kappa shape index (κ3) is 15.8. The molecule has 0 amide bonds. The van der Waals surface area contributed by atoms with Crippen LogP contribution < -0.4 is 5.11 Å². The van der Waals surface area contributed by atoms with Gasteiger partial charge in [0.25, 0.3) is 0 Å². The summed E-state index contributed by atoms with van der Waals surface area (Å²) >= 11 is 11.7. The van der Waals surface area contributed by atoms with Crippen LogP contribution in [-0.4, -0.2) is 27.2 Å². The number of hydrogen-bond acceptors (Lipinski definition) is 8. The number of allylic oxidation sites excluding steroid dienone is 4. The molecule has 9 aromatic rings. The fraction of sp³-hybridized carbons (Fsp3) is 0.457. The summed E-state index contributed by atoms with van der Waals surface area (Å²) in [6, 6.07) is 36.9. The Bertz CT molecular complexity index is 3950. The van der Waals surface area contributed by atoms with Gasteiger partial charge in [-0.15, -0.1) is 68.0 Å².